The lowest BCUT2D eigenvalue weighted by Crippen LogP contribution is -2.05. The largest absolute Gasteiger partial charge is 0.454 e. The van der Waals surface area contributed by atoms with Crippen LogP contribution in [0.2, 0.25) is 0 Å². The van der Waals surface area contributed by atoms with Crippen LogP contribution >= 0.6 is 0 Å². The molecule has 2 heterocycles. The average molecular weight is 351 g/mol. The van der Waals surface area contributed by atoms with E-state index in [0.29, 0.717) is 28.4 Å². The highest BCUT2D eigenvalue weighted by atomic mass is 16.7. The van der Waals surface area contributed by atoms with Crippen molar-refractivity contribution in [3.05, 3.63) is 59.3 Å². The maximum atomic E-state index is 12.1. The molecule has 0 amide bonds. The summed E-state index contributed by atoms with van der Waals surface area (Å²) in [4.78, 5) is 27.4. The number of carbonyl (C=O) groups excluding carboxylic acids is 2. The number of fused-ring (bicyclic) bond motifs is 1. The van der Waals surface area contributed by atoms with Crippen LogP contribution < -0.4 is 14.2 Å². The summed E-state index contributed by atoms with van der Waals surface area (Å²) in [7, 11) is 0. The number of rotatable bonds is 3. The smallest absolute Gasteiger partial charge is 0.363 e. The first kappa shape index (κ1) is 15.9. The molecule has 130 valence electrons. The molecule has 0 atom stereocenters. The number of benzene rings is 2. The van der Waals surface area contributed by atoms with Crippen LogP contribution in [0.4, 0.5) is 0 Å². The van der Waals surface area contributed by atoms with Crippen LogP contribution in [-0.4, -0.2) is 24.6 Å². The van der Waals surface area contributed by atoms with E-state index < -0.39 is 11.9 Å². The third-order valence-corrected chi connectivity index (χ3v) is 3.66. The number of esters is 2. The average Bonchev–Trinajstić information content (AvgIpc) is 3.21. The zero-order chi connectivity index (χ0) is 18.1. The molecule has 0 radical (unpaired) electrons. The Morgan fingerprint density at radius 1 is 1.15 bits per heavy atom. The van der Waals surface area contributed by atoms with E-state index >= 15 is 0 Å². The van der Waals surface area contributed by atoms with Crippen molar-refractivity contribution in [1.82, 2.24) is 0 Å². The Morgan fingerprint density at radius 3 is 2.85 bits per heavy atom. The standard InChI is InChI=1S/C19H13NO6/c1-11(21)25-14-4-2-3-12(7-14)8-15-19(22)26-18(20-15)13-5-6-16-17(9-13)24-10-23-16/h2-9H,10H2,1H3. The van der Waals surface area contributed by atoms with Crippen molar-refractivity contribution in [2.75, 3.05) is 6.79 Å². The van der Waals surface area contributed by atoms with Crippen LogP contribution in [0.3, 0.4) is 0 Å². The Labute approximate surface area is 148 Å². The molecule has 0 aromatic heterocycles. The quantitative estimate of drug-likeness (QED) is 0.480. The van der Waals surface area contributed by atoms with Gasteiger partial charge in [0.25, 0.3) is 0 Å². The van der Waals surface area contributed by atoms with Gasteiger partial charge < -0.3 is 18.9 Å². The maximum Gasteiger partial charge on any atom is 0.363 e. The lowest BCUT2D eigenvalue weighted by Gasteiger charge is -2.01. The summed E-state index contributed by atoms with van der Waals surface area (Å²) in [6, 6.07) is 11.9. The van der Waals surface area contributed by atoms with Gasteiger partial charge in [-0.3, -0.25) is 4.79 Å². The fraction of sp³-hybridized carbons (Fsp3) is 0.105. The Balaban J connectivity index is 1.62. The molecule has 0 unspecified atom stereocenters. The molecular formula is C19H13NO6. The molecule has 26 heavy (non-hydrogen) atoms. The van der Waals surface area contributed by atoms with Gasteiger partial charge in [-0.25, -0.2) is 9.79 Å². The van der Waals surface area contributed by atoms with Crippen molar-refractivity contribution in [3.63, 3.8) is 0 Å². The first-order valence-corrected chi connectivity index (χ1v) is 7.79. The fourth-order valence-corrected chi connectivity index (χ4v) is 2.55. The highest BCUT2D eigenvalue weighted by Crippen LogP contribution is 2.33. The van der Waals surface area contributed by atoms with Crippen molar-refractivity contribution < 1.29 is 28.5 Å². The molecular weight excluding hydrogens is 338 g/mol. The zero-order valence-electron chi connectivity index (χ0n) is 13.7. The zero-order valence-corrected chi connectivity index (χ0v) is 13.7. The minimum absolute atomic E-state index is 0.151. The summed E-state index contributed by atoms with van der Waals surface area (Å²) in [5.74, 6) is 0.812. The molecule has 2 aromatic carbocycles. The van der Waals surface area contributed by atoms with E-state index in [1.807, 2.05) is 0 Å². The lowest BCUT2D eigenvalue weighted by molar-refractivity contribution is -0.132. The highest BCUT2D eigenvalue weighted by Gasteiger charge is 2.25. The van der Waals surface area contributed by atoms with Crippen LogP contribution in [0.5, 0.6) is 17.2 Å². The van der Waals surface area contributed by atoms with E-state index in [2.05, 4.69) is 4.99 Å². The van der Waals surface area contributed by atoms with E-state index in [-0.39, 0.29) is 18.4 Å². The second-order valence-corrected chi connectivity index (χ2v) is 5.57. The topological polar surface area (TPSA) is 83.4 Å². The first-order valence-electron chi connectivity index (χ1n) is 7.79. The summed E-state index contributed by atoms with van der Waals surface area (Å²) >= 11 is 0. The number of aliphatic imine (C=N–C) groups is 1. The SMILES string of the molecule is CC(=O)Oc1cccc(C=C2N=C(c3ccc4c(c3)OCO4)OC2=O)c1. The Morgan fingerprint density at radius 2 is 2.00 bits per heavy atom. The molecule has 0 saturated heterocycles. The molecule has 7 nitrogen and oxygen atoms in total. The number of hydrogen-bond acceptors (Lipinski definition) is 7. The normalized spacial score (nSPS) is 16.4. The predicted molar refractivity (Wildman–Crippen MR) is 90.9 cm³/mol. The van der Waals surface area contributed by atoms with Gasteiger partial charge in [-0.15, -0.1) is 0 Å². The van der Waals surface area contributed by atoms with Gasteiger partial charge in [0.05, 0.1) is 0 Å². The minimum Gasteiger partial charge on any atom is -0.454 e. The third-order valence-electron chi connectivity index (χ3n) is 3.66. The summed E-state index contributed by atoms with van der Waals surface area (Å²) in [5.41, 5.74) is 1.42. The molecule has 2 aliphatic heterocycles. The van der Waals surface area contributed by atoms with E-state index in [1.165, 1.54) is 6.92 Å². The molecule has 0 spiro atoms. The number of hydrogen-bond donors (Lipinski definition) is 0. The van der Waals surface area contributed by atoms with Crippen LogP contribution in [0.15, 0.2) is 53.2 Å². The monoisotopic (exact) mass is 351 g/mol. The third kappa shape index (κ3) is 3.14. The molecule has 0 saturated carbocycles. The van der Waals surface area contributed by atoms with E-state index in [9.17, 15) is 9.59 Å². The van der Waals surface area contributed by atoms with Crippen molar-refractivity contribution in [3.8, 4) is 17.2 Å². The van der Waals surface area contributed by atoms with Gasteiger partial charge >= 0.3 is 11.9 Å². The van der Waals surface area contributed by atoms with Gasteiger partial charge in [-0.05, 0) is 42.0 Å². The maximum absolute atomic E-state index is 12.1. The van der Waals surface area contributed by atoms with Crippen LogP contribution in [0.25, 0.3) is 6.08 Å². The number of ether oxygens (including phenoxy) is 4. The summed E-state index contributed by atoms with van der Waals surface area (Å²) < 4.78 is 20.9. The first-order chi connectivity index (χ1) is 12.6. The minimum atomic E-state index is -0.560. The summed E-state index contributed by atoms with van der Waals surface area (Å²) in [6.07, 6.45) is 1.56. The Hall–Kier alpha value is -3.61. The van der Waals surface area contributed by atoms with Crippen molar-refractivity contribution in [1.29, 1.82) is 0 Å². The van der Waals surface area contributed by atoms with E-state index in [4.69, 9.17) is 18.9 Å². The number of cyclic esters (lactones) is 1. The lowest BCUT2D eigenvalue weighted by atomic mass is 10.2. The van der Waals surface area contributed by atoms with E-state index in [1.54, 1.807) is 48.5 Å². The summed E-state index contributed by atoms with van der Waals surface area (Å²) in [5, 5.41) is 0. The van der Waals surface area contributed by atoms with Gasteiger partial charge in [0.1, 0.15) is 5.75 Å². The fourth-order valence-electron chi connectivity index (χ4n) is 2.55. The molecule has 2 aromatic rings. The molecule has 4 rings (SSSR count). The Kier molecular flexibility index (Phi) is 3.89. The number of carbonyl (C=O) groups is 2. The predicted octanol–water partition coefficient (Wildman–Crippen LogP) is 2.69. The molecule has 0 fully saturated rings. The molecule has 2 aliphatic rings. The molecule has 0 N–H and O–H groups in total. The van der Waals surface area contributed by atoms with Crippen LogP contribution in [0.1, 0.15) is 18.1 Å². The van der Waals surface area contributed by atoms with Crippen molar-refractivity contribution in [2.45, 2.75) is 6.92 Å². The van der Waals surface area contributed by atoms with Gasteiger partial charge in [0.2, 0.25) is 12.7 Å². The molecule has 0 aliphatic carbocycles. The highest BCUT2D eigenvalue weighted by molar-refractivity contribution is 6.13. The molecule has 7 heteroatoms. The van der Waals surface area contributed by atoms with Gasteiger partial charge in [0.15, 0.2) is 17.2 Å². The second kappa shape index (κ2) is 6.36. The van der Waals surface area contributed by atoms with Gasteiger partial charge in [-0.1, -0.05) is 12.1 Å². The van der Waals surface area contributed by atoms with E-state index in [0.717, 1.165) is 0 Å². The van der Waals surface area contributed by atoms with Crippen molar-refractivity contribution in [2.24, 2.45) is 4.99 Å². The van der Waals surface area contributed by atoms with Crippen LogP contribution in [0, 0.1) is 0 Å². The Bertz CT molecular complexity index is 976. The van der Waals surface area contributed by atoms with Gasteiger partial charge in [-0.2, -0.15) is 0 Å². The van der Waals surface area contributed by atoms with Crippen molar-refractivity contribution >= 4 is 23.9 Å². The van der Waals surface area contributed by atoms with Gasteiger partial charge in [0, 0.05) is 12.5 Å². The second-order valence-electron chi connectivity index (χ2n) is 5.57. The van der Waals surface area contributed by atoms with Crippen LogP contribution in [-0.2, 0) is 14.3 Å². The molecule has 0 bridgehead atoms. The summed E-state index contributed by atoms with van der Waals surface area (Å²) in [6.45, 7) is 1.48. The number of nitrogens with zero attached hydrogens (tertiary/aromatic N) is 1.